The molecule has 1 fully saturated rings. The van der Waals surface area contributed by atoms with Crippen LogP contribution in [0.2, 0.25) is 0 Å². The van der Waals surface area contributed by atoms with Crippen LogP contribution in [0.1, 0.15) is 52.9 Å². The second-order valence-corrected chi connectivity index (χ2v) is 6.86. The standard InChI is InChI=1S/C16H32N2O2/c1-5-14-13-17(4)10-8-12-18(14)11-7-6-9-16(2,3)15(19)20/h14H,5-13H2,1-4H3,(H,19,20). The van der Waals surface area contributed by atoms with Crippen molar-refractivity contribution in [1.29, 1.82) is 0 Å². The lowest BCUT2D eigenvalue weighted by Crippen LogP contribution is -2.40. The Labute approximate surface area is 124 Å². The maximum atomic E-state index is 11.1. The fourth-order valence-electron chi connectivity index (χ4n) is 2.96. The monoisotopic (exact) mass is 284 g/mol. The highest BCUT2D eigenvalue weighted by atomic mass is 16.4. The molecular weight excluding hydrogens is 252 g/mol. The third-order valence-electron chi connectivity index (χ3n) is 4.57. The van der Waals surface area contributed by atoms with Gasteiger partial charge in [-0.3, -0.25) is 9.69 Å². The zero-order valence-electron chi connectivity index (χ0n) is 13.7. The number of hydrogen-bond acceptors (Lipinski definition) is 3. The highest BCUT2D eigenvalue weighted by Crippen LogP contribution is 2.23. The predicted molar refractivity (Wildman–Crippen MR) is 83.0 cm³/mol. The predicted octanol–water partition coefficient (Wildman–Crippen LogP) is 2.68. The van der Waals surface area contributed by atoms with E-state index in [4.69, 9.17) is 5.11 Å². The van der Waals surface area contributed by atoms with Gasteiger partial charge in [0.1, 0.15) is 0 Å². The Morgan fingerprint density at radius 3 is 2.60 bits per heavy atom. The first-order valence-electron chi connectivity index (χ1n) is 8.03. The van der Waals surface area contributed by atoms with Gasteiger partial charge in [0, 0.05) is 12.6 Å². The minimum atomic E-state index is -0.680. The molecular formula is C16H32N2O2. The van der Waals surface area contributed by atoms with Crippen molar-refractivity contribution in [2.24, 2.45) is 5.41 Å². The van der Waals surface area contributed by atoms with Gasteiger partial charge in [0.2, 0.25) is 0 Å². The first kappa shape index (κ1) is 17.4. The van der Waals surface area contributed by atoms with E-state index in [2.05, 4.69) is 23.8 Å². The summed E-state index contributed by atoms with van der Waals surface area (Å²) in [5, 5.41) is 9.12. The zero-order chi connectivity index (χ0) is 15.2. The largest absolute Gasteiger partial charge is 0.481 e. The van der Waals surface area contributed by atoms with Crippen LogP contribution in [0.5, 0.6) is 0 Å². The fraction of sp³-hybridized carbons (Fsp3) is 0.938. The molecule has 1 rings (SSSR count). The van der Waals surface area contributed by atoms with Crippen molar-refractivity contribution < 1.29 is 9.90 Å². The van der Waals surface area contributed by atoms with Crippen LogP contribution in [0.15, 0.2) is 0 Å². The number of rotatable bonds is 7. The maximum absolute atomic E-state index is 11.1. The minimum Gasteiger partial charge on any atom is -0.481 e. The Hall–Kier alpha value is -0.610. The van der Waals surface area contributed by atoms with Crippen molar-refractivity contribution in [2.75, 3.05) is 33.2 Å². The summed E-state index contributed by atoms with van der Waals surface area (Å²) in [6, 6.07) is 0.662. The van der Waals surface area contributed by atoms with Gasteiger partial charge in [-0.15, -0.1) is 0 Å². The van der Waals surface area contributed by atoms with Gasteiger partial charge in [0.25, 0.3) is 0 Å². The smallest absolute Gasteiger partial charge is 0.309 e. The van der Waals surface area contributed by atoms with Crippen molar-refractivity contribution in [3.8, 4) is 0 Å². The summed E-state index contributed by atoms with van der Waals surface area (Å²) in [4.78, 5) is 16.1. The van der Waals surface area contributed by atoms with Crippen molar-refractivity contribution in [3.63, 3.8) is 0 Å². The zero-order valence-corrected chi connectivity index (χ0v) is 13.7. The summed E-state index contributed by atoms with van der Waals surface area (Å²) in [7, 11) is 2.21. The summed E-state index contributed by atoms with van der Waals surface area (Å²) >= 11 is 0. The van der Waals surface area contributed by atoms with Crippen LogP contribution in [-0.2, 0) is 4.79 Å². The van der Waals surface area contributed by atoms with Crippen LogP contribution in [0.25, 0.3) is 0 Å². The molecule has 0 saturated carbocycles. The molecule has 1 atom stereocenters. The molecule has 0 radical (unpaired) electrons. The molecule has 0 aromatic rings. The number of likely N-dealkylation sites (N-methyl/N-ethyl adjacent to an activating group) is 1. The quantitative estimate of drug-likeness (QED) is 0.730. The number of aliphatic carboxylic acids is 1. The summed E-state index contributed by atoms with van der Waals surface area (Å²) in [6.45, 7) is 10.6. The van der Waals surface area contributed by atoms with E-state index >= 15 is 0 Å². The number of carboxylic acid groups (broad SMARTS) is 1. The van der Waals surface area contributed by atoms with E-state index < -0.39 is 11.4 Å². The molecule has 4 nitrogen and oxygen atoms in total. The highest BCUT2D eigenvalue weighted by molar-refractivity contribution is 5.73. The molecule has 0 bridgehead atoms. The van der Waals surface area contributed by atoms with Gasteiger partial charge < -0.3 is 10.0 Å². The average Bonchev–Trinajstić information content (AvgIpc) is 2.56. The summed E-state index contributed by atoms with van der Waals surface area (Å²) in [5.41, 5.74) is -0.580. The van der Waals surface area contributed by atoms with Crippen molar-refractivity contribution >= 4 is 5.97 Å². The normalized spacial score (nSPS) is 22.7. The van der Waals surface area contributed by atoms with Gasteiger partial charge in [0.05, 0.1) is 5.41 Å². The molecule has 0 amide bonds. The summed E-state index contributed by atoms with van der Waals surface area (Å²) in [6.07, 6.45) is 5.32. The SMILES string of the molecule is CCC1CN(C)CCCN1CCCCC(C)(C)C(=O)O. The highest BCUT2D eigenvalue weighted by Gasteiger charge is 2.26. The fourth-order valence-corrected chi connectivity index (χ4v) is 2.96. The molecule has 118 valence electrons. The lowest BCUT2D eigenvalue weighted by Gasteiger charge is -2.30. The molecule has 1 N–H and O–H groups in total. The van der Waals surface area contributed by atoms with Gasteiger partial charge >= 0.3 is 5.97 Å². The van der Waals surface area contributed by atoms with E-state index in [1.807, 2.05) is 13.8 Å². The minimum absolute atomic E-state index is 0.580. The first-order chi connectivity index (χ1) is 9.36. The molecule has 1 aliphatic heterocycles. The van der Waals surface area contributed by atoms with Crippen LogP contribution in [0.3, 0.4) is 0 Å². The van der Waals surface area contributed by atoms with E-state index in [1.54, 1.807) is 0 Å². The second kappa shape index (κ2) is 7.99. The van der Waals surface area contributed by atoms with E-state index in [9.17, 15) is 4.79 Å². The number of carbonyl (C=O) groups is 1. The molecule has 0 spiro atoms. The van der Waals surface area contributed by atoms with Crippen molar-refractivity contribution in [1.82, 2.24) is 9.80 Å². The van der Waals surface area contributed by atoms with Gasteiger partial charge in [-0.1, -0.05) is 13.3 Å². The van der Waals surface area contributed by atoms with Crippen LogP contribution in [0, 0.1) is 5.41 Å². The van der Waals surface area contributed by atoms with E-state index in [0.29, 0.717) is 6.04 Å². The number of nitrogens with zero attached hydrogens (tertiary/aromatic N) is 2. The summed E-state index contributed by atoms with van der Waals surface area (Å²) < 4.78 is 0. The molecule has 1 aliphatic rings. The number of hydrogen-bond donors (Lipinski definition) is 1. The van der Waals surface area contributed by atoms with E-state index in [1.165, 1.54) is 25.9 Å². The molecule has 0 aliphatic carbocycles. The Morgan fingerprint density at radius 1 is 1.30 bits per heavy atom. The van der Waals surface area contributed by atoms with Gasteiger partial charge in [-0.25, -0.2) is 0 Å². The van der Waals surface area contributed by atoms with E-state index in [-0.39, 0.29) is 0 Å². The maximum Gasteiger partial charge on any atom is 0.309 e. The Balaban J connectivity index is 2.34. The molecule has 20 heavy (non-hydrogen) atoms. The van der Waals surface area contributed by atoms with Gasteiger partial charge in [-0.05, 0) is 66.2 Å². The van der Waals surface area contributed by atoms with Crippen molar-refractivity contribution in [3.05, 3.63) is 0 Å². The topological polar surface area (TPSA) is 43.8 Å². The number of carboxylic acids is 1. The van der Waals surface area contributed by atoms with Gasteiger partial charge in [-0.2, -0.15) is 0 Å². The van der Waals surface area contributed by atoms with Crippen LogP contribution >= 0.6 is 0 Å². The first-order valence-corrected chi connectivity index (χ1v) is 8.03. The molecule has 4 heteroatoms. The van der Waals surface area contributed by atoms with Crippen LogP contribution < -0.4 is 0 Å². The molecule has 1 saturated heterocycles. The Morgan fingerprint density at radius 2 is 2.00 bits per heavy atom. The second-order valence-electron chi connectivity index (χ2n) is 6.86. The lowest BCUT2D eigenvalue weighted by atomic mass is 9.87. The molecule has 0 aromatic carbocycles. The lowest BCUT2D eigenvalue weighted by molar-refractivity contribution is -0.147. The molecule has 0 aromatic heterocycles. The third-order valence-corrected chi connectivity index (χ3v) is 4.57. The van der Waals surface area contributed by atoms with Crippen molar-refractivity contribution in [2.45, 2.75) is 58.9 Å². The Kier molecular flexibility index (Phi) is 6.96. The third kappa shape index (κ3) is 5.41. The summed E-state index contributed by atoms with van der Waals surface area (Å²) in [5.74, 6) is -0.680. The Bertz CT molecular complexity index is 305. The van der Waals surface area contributed by atoms with Gasteiger partial charge in [0.15, 0.2) is 0 Å². The average molecular weight is 284 g/mol. The van der Waals surface area contributed by atoms with Crippen LogP contribution in [0.4, 0.5) is 0 Å². The molecule has 1 unspecified atom stereocenters. The number of unbranched alkanes of at least 4 members (excludes halogenated alkanes) is 1. The van der Waals surface area contributed by atoms with Crippen LogP contribution in [-0.4, -0.2) is 60.1 Å². The molecule has 1 heterocycles. The van der Waals surface area contributed by atoms with E-state index in [0.717, 1.165) is 32.4 Å².